The maximum atomic E-state index is 13.8. The SMILES string of the molecule is CCc1cccc(CNC[C@@H](OC(=O)c2c(-n3cccc3)sc(C)c2C)[C@@H](N)Cc2cc(F)cc(F)c2)c1. The van der Waals surface area contributed by atoms with Crippen LogP contribution in [0.15, 0.2) is 67.0 Å². The molecule has 2 aromatic heterocycles. The summed E-state index contributed by atoms with van der Waals surface area (Å²) >= 11 is 1.52. The van der Waals surface area contributed by atoms with Gasteiger partial charge in [0.1, 0.15) is 22.7 Å². The molecule has 0 unspecified atom stereocenters. The number of esters is 1. The predicted molar refractivity (Wildman–Crippen MR) is 148 cm³/mol. The van der Waals surface area contributed by atoms with Crippen molar-refractivity contribution in [2.24, 2.45) is 5.73 Å². The molecule has 0 fully saturated rings. The zero-order valence-corrected chi connectivity index (χ0v) is 22.7. The highest BCUT2D eigenvalue weighted by atomic mass is 32.1. The van der Waals surface area contributed by atoms with Gasteiger partial charge < -0.3 is 20.4 Å². The number of aromatic nitrogens is 1. The Morgan fingerprint density at radius 3 is 2.39 bits per heavy atom. The van der Waals surface area contributed by atoms with E-state index in [-0.39, 0.29) is 13.0 Å². The van der Waals surface area contributed by atoms with Crippen LogP contribution in [0.25, 0.3) is 5.00 Å². The zero-order chi connectivity index (χ0) is 27.2. The van der Waals surface area contributed by atoms with Crippen molar-refractivity contribution in [3.05, 3.63) is 111 Å². The number of carbonyl (C=O) groups excluding carboxylic acids is 1. The van der Waals surface area contributed by atoms with Gasteiger partial charge in [-0.25, -0.2) is 13.6 Å². The standard InChI is InChI=1S/C30H33F2N3O2S/c1-4-21-8-7-9-22(12-21)17-34-18-27(26(33)15-23-13-24(31)16-25(32)14-23)37-30(36)28-19(2)20(3)38-29(28)35-10-5-6-11-35/h5-14,16,26-27,34H,4,15,17-18,33H2,1-3H3/t26-,27+/m0/s1. The van der Waals surface area contributed by atoms with E-state index in [0.717, 1.165) is 33.5 Å². The highest BCUT2D eigenvalue weighted by molar-refractivity contribution is 7.15. The van der Waals surface area contributed by atoms with Crippen LogP contribution < -0.4 is 11.1 Å². The number of nitrogens with two attached hydrogens (primary N) is 1. The summed E-state index contributed by atoms with van der Waals surface area (Å²) in [6.07, 6.45) is 4.11. The van der Waals surface area contributed by atoms with E-state index in [1.165, 1.54) is 29.0 Å². The number of nitrogens with zero attached hydrogens (tertiary/aromatic N) is 1. The Morgan fingerprint density at radius 2 is 1.71 bits per heavy atom. The maximum Gasteiger partial charge on any atom is 0.341 e. The van der Waals surface area contributed by atoms with Gasteiger partial charge in [0.2, 0.25) is 0 Å². The van der Waals surface area contributed by atoms with E-state index in [9.17, 15) is 13.6 Å². The van der Waals surface area contributed by atoms with E-state index < -0.39 is 29.7 Å². The molecule has 2 aromatic carbocycles. The van der Waals surface area contributed by atoms with Crippen LogP contribution in [0.5, 0.6) is 0 Å². The van der Waals surface area contributed by atoms with Gasteiger partial charge in [-0.2, -0.15) is 0 Å². The monoisotopic (exact) mass is 537 g/mol. The van der Waals surface area contributed by atoms with Crippen molar-refractivity contribution in [2.75, 3.05) is 6.54 Å². The Labute approximate surface area is 226 Å². The van der Waals surface area contributed by atoms with Crippen molar-refractivity contribution in [3.8, 4) is 5.00 Å². The van der Waals surface area contributed by atoms with E-state index >= 15 is 0 Å². The van der Waals surface area contributed by atoms with Crippen molar-refractivity contribution >= 4 is 17.3 Å². The first-order valence-electron chi connectivity index (χ1n) is 12.7. The Bertz CT molecular complexity index is 1360. The minimum Gasteiger partial charge on any atom is -0.456 e. The number of ether oxygens (including phenoxy) is 1. The normalized spacial score (nSPS) is 12.9. The molecule has 0 spiro atoms. The topological polar surface area (TPSA) is 69.3 Å². The third kappa shape index (κ3) is 6.75. The molecule has 0 aliphatic heterocycles. The fourth-order valence-electron chi connectivity index (χ4n) is 4.43. The second-order valence-corrected chi connectivity index (χ2v) is 10.7. The number of carbonyl (C=O) groups is 1. The van der Waals surface area contributed by atoms with E-state index in [4.69, 9.17) is 10.5 Å². The molecule has 0 saturated carbocycles. The molecule has 0 aliphatic carbocycles. The van der Waals surface area contributed by atoms with Crippen LogP contribution in [0.4, 0.5) is 8.78 Å². The molecule has 0 amide bonds. The highest BCUT2D eigenvalue weighted by Gasteiger charge is 2.28. The minimum atomic E-state index is -0.736. The lowest BCUT2D eigenvalue weighted by atomic mass is 10.0. The van der Waals surface area contributed by atoms with Gasteiger partial charge in [0.15, 0.2) is 0 Å². The molecule has 200 valence electrons. The van der Waals surface area contributed by atoms with Crippen LogP contribution in [0.2, 0.25) is 0 Å². The molecule has 0 saturated heterocycles. The average molecular weight is 538 g/mol. The van der Waals surface area contributed by atoms with Gasteiger partial charge in [0.05, 0.1) is 5.56 Å². The van der Waals surface area contributed by atoms with Crippen LogP contribution in [0.1, 0.15) is 44.4 Å². The van der Waals surface area contributed by atoms with Crippen molar-refractivity contribution in [1.82, 2.24) is 9.88 Å². The van der Waals surface area contributed by atoms with Gasteiger partial charge in [-0.1, -0.05) is 31.2 Å². The van der Waals surface area contributed by atoms with E-state index in [2.05, 4.69) is 24.4 Å². The summed E-state index contributed by atoms with van der Waals surface area (Å²) in [7, 11) is 0. The first kappa shape index (κ1) is 27.7. The molecule has 2 atom stereocenters. The summed E-state index contributed by atoms with van der Waals surface area (Å²) < 4.78 is 35.5. The van der Waals surface area contributed by atoms with Gasteiger partial charge in [-0.05, 0) is 73.2 Å². The molecule has 4 aromatic rings. The average Bonchev–Trinajstić information content (AvgIpc) is 3.51. The van der Waals surface area contributed by atoms with E-state index in [1.54, 1.807) is 0 Å². The van der Waals surface area contributed by atoms with Gasteiger partial charge >= 0.3 is 5.97 Å². The third-order valence-corrected chi connectivity index (χ3v) is 7.83. The summed E-state index contributed by atoms with van der Waals surface area (Å²) in [4.78, 5) is 14.6. The first-order valence-corrected chi connectivity index (χ1v) is 13.5. The van der Waals surface area contributed by atoms with Crippen molar-refractivity contribution < 1.29 is 18.3 Å². The molecule has 0 radical (unpaired) electrons. The fraction of sp³-hybridized carbons (Fsp3) is 0.300. The van der Waals surface area contributed by atoms with Gasteiger partial charge in [0, 0.05) is 42.5 Å². The molecule has 0 aliphatic rings. The molecule has 38 heavy (non-hydrogen) atoms. The lowest BCUT2D eigenvalue weighted by molar-refractivity contribution is 0.0238. The van der Waals surface area contributed by atoms with Gasteiger partial charge in [-0.15, -0.1) is 11.3 Å². The molecule has 4 rings (SSSR count). The number of hydrogen-bond donors (Lipinski definition) is 2. The molecular formula is C30H33F2N3O2S. The molecule has 8 heteroatoms. The third-order valence-electron chi connectivity index (χ3n) is 6.61. The quantitative estimate of drug-likeness (QED) is 0.235. The number of benzene rings is 2. The summed E-state index contributed by atoms with van der Waals surface area (Å²) in [6, 6.07) is 14.7. The van der Waals surface area contributed by atoms with Crippen LogP contribution in [0, 0.1) is 25.5 Å². The molecular weight excluding hydrogens is 504 g/mol. The lowest BCUT2D eigenvalue weighted by Gasteiger charge is -2.25. The Kier molecular flexibility index (Phi) is 9.09. The van der Waals surface area contributed by atoms with Crippen LogP contribution in [-0.2, 0) is 24.1 Å². The smallest absolute Gasteiger partial charge is 0.341 e. The second kappa shape index (κ2) is 12.5. The lowest BCUT2D eigenvalue weighted by Crippen LogP contribution is -2.46. The minimum absolute atomic E-state index is 0.145. The molecule has 2 heterocycles. The van der Waals surface area contributed by atoms with E-state index in [1.807, 2.05) is 55.1 Å². The summed E-state index contributed by atoms with van der Waals surface area (Å²) in [5.41, 5.74) is 10.6. The van der Waals surface area contributed by atoms with Crippen LogP contribution >= 0.6 is 11.3 Å². The number of rotatable bonds is 11. The maximum absolute atomic E-state index is 13.8. The van der Waals surface area contributed by atoms with Gasteiger partial charge in [-0.3, -0.25) is 0 Å². The van der Waals surface area contributed by atoms with Gasteiger partial charge in [0.25, 0.3) is 0 Å². The summed E-state index contributed by atoms with van der Waals surface area (Å²) in [5.74, 6) is -1.82. The van der Waals surface area contributed by atoms with Crippen molar-refractivity contribution in [1.29, 1.82) is 0 Å². The number of hydrogen-bond acceptors (Lipinski definition) is 5. The summed E-state index contributed by atoms with van der Waals surface area (Å²) in [6.45, 7) is 6.82. The number of nitrogens with one attached hydrogen (secondary N) is 1. The van der Waals surface area contributed by atoms with Crippen LogP contribution in [-0.4, -0.2) is 29.2 Å². The number of thiophene rings is 1. The predicted octanol–water partition coefficient (Wildman–Crippen LogP) is 5.88. The second-order valence-electron chi connectivity index (χ2n) is 9.45. The van der Waals surface area contributed by atoms with Crippen molar-refractivity contribution in [2.45, 2.75) is 52.3 Å². The highest BCUT2D eigenvalue weighted by Crippen LogP contribution is 2.32. The number of aryl methyl sites for hydroxylation is 2. The largest absolute Gasteiger partial charge is 0.456 e. The molecule has 3 N–H and O–H groups in total. The van der Waals surface area contributed by atoms with E-state index in [0.29, 0.717) is 17.7 Å². The Hall–Kier alpha value is -3.33. The first-order chi connectivity index (χ1) is 18.2. The van der Waals surface area contributed by atoms with Crippen molar-refractivity contribution in [3.63, 3.8) is 0 Å². The molecule has 0 bridgehead atoms. The number of halogens is 2. The Balaban J connectivity index is 1.55. The summed E-state index contributed by atoms with van der Waals surface area (Å²) in [5, 5.41) is 4.13. The molecule has 5 nitrogen and oxygen atoms in total. The Morgan fingerprint density at radius 1 is 1.03 bits per heavy atom. The zero-order valence-electron chi connectivity index (χ0n) is 21.8. The van der Waals surface area contributed by atoms with Crippen LogP contribution in [0.3, 0.4) is 0 Å². The fourth-order valence-corrected chi connectivity index (χ4v) is 5.54.